The Kier molecular flexibility index (Phi) is 8.25. The van der Waals surface area contributed by atoms with E-state index in [4.69, 9.17) is 5.73 Å². The highest BCUT2D eigenvalue weighted by Crippen LogP contribution is 2.34. The maximum atomic E-state index is 13.0. The summed E-state index contributed by atoms with van der Waals surface area (Å²) in [4.78, 5) is 17.6. The van der Waals surface area contributed by atoms with Gasteiger partial charge in [0.05, 0.1) is 17.4 Å². The summed E-state index contributed by atoms with van der Waals surface area (Å²) < 4.78 is 5.34. The Balaban J connectivity index is 0.000000757. The first-order chi connectivity index (χ1) is 14.5. The van der Waals surface area contributed by atoms with Crippen LogP contribution < -0.4 is 11.3 Å². The second kappa shape index (κ2) is 10.4. The Hall–Kier alpha value is -2.58. The molecule has 3 aromatic heterocycles. The number of nitrogens with two attached hydrogens (primary N) is 1. The molecule has 0 unspecified atom stereocenters. The number of fused-ring (bicyclic) bond motifs is 3. The molecule has 0 radical (unpaired) electrons. The molecule has 8 heteroatoms. The van der Waals surface area contributed by atoms with Crippen LogP contribution in [0.1, 0.15) is 38.8 Å². The van der Waals surface area contributed by atoms with Crippen molar-refractivity contribution in [3.05, 3.63) is 58.5 Å². The molecule has 4 rings (SSSR count). The minimum atomic E-state index is -0.117. The first kappa shape index (κ1) is 23.7. The van der Waals surface area contributed by atoms with E-state index in [2.05, 4.69) is 16.7 Å². The quantitative estimate of drug-likeness (QED) is 0.444. The number of rotatable bonds is 4. The fourth-order valence-corrected chi connectivity index (χ4v) is 4.57. The molecule has 30 heavy (non-hydrogen) atoms. The average Bonchev–Trinajstić information content (AvgIpc) is 3.32. The number of hydrogen-bond acceptors (Lipinski definition) is 6. The van der Waals surface area contributed by atoms with Gasteiger partial charge in [-0.15, -0.1) is 11.3 Å². The number of nitrogens with zero attached hydrogens (tertiary/aromatic N) is 4. The molecule has 0 aliphatic rings. The van der Waals surface area contributed by atoms with Gasteiger partial charge in [-0.05, 0) is 17.4 Å². The van der Waals surface area contributed by atoms with Crippen molar-refractivity contribution in [3.8, 4) is 0 Å². The monoisotopic (exact) mass is 443 g/mol. The van der Waals surface area contributed by atoms with Crippen LogP contribution in [0.4, 0.5) is 0 Å². The summed E-state index contributed by atoms with van der Waals surface area (Å²) in [5.41, 5.74) is 9.42. The van der Waals surface area contributed by atoms with Crippen LogP contribution in [-0.2, 0) is 13.6 Å². The van der Waals surface area contributed by atoms with E-state index in [1.807, 2.05) is 69.8 Å². The first-order valence-electron chi connectivity index (χ1n) is 9.92. The zero-order valence-electron chi connectivity index (χ0n) is 18.4. The summed E-state index contributed by atoms with van der Waals surface area (Å²) in [6, 6.07) is 7.66. The lowest BCUT2D eigenvalue weighted by Crippen LogP contribution is -2.24. The lowest BCUT2D eigenvalue weighted by atomic mass is 10.1. The Morgan fingerprint density at radius 1 is 1.20 bits per heavy atom. The fraction of sp³-hybridized carbons (Fsp3) is 0.318. The van der Waals surface area contributed by atoms with E-state index in [0.29, 0.717) is 17.8 Å². The molecule has 0 saturated heterocycles. The molecule has 1 aromatic carbocycles. The van der Waals surface area contributed by atoms with Crippen molar-refractivity contribution in [2.24, 2.45) is 12.8 Å². The highest BCUT2D eigenvalue weighted by molar-refractivity contribution is 8.00. The van der Waals surface area contributed by atoms with Gasteiger partial charge in [-0.2, -0.15) is 5.10 Å². The number of thioether (sulfide) groups is 1. The standard InChI is InChI=1S/C18H17N5OS2.2C2H6/c1-10(19)12-6-4-11(5-7-12)9-23-17(24)14-13(8-20-23)15-16(22(14)2)21-18(25-3)26-15;2*1-2/h4-8H,1,9,19H2,2-3H3;2*1-2H3. The molecule has 160 valence electrons. The highest BCUT2D eigenvalue weighted by Gasteiger charge is 2.18. The number of benzene rings is 1. The molecule has 0 atom stereocenters. The molecule has 0 aliphatic heterocycles. The molecule has 4 aromatic rings. The third-order valence-corrected chi connectivity index (χ3v) is 6.40. The van der Waals surface area contributed by atoms with Gasteiger partial charge in [0, 0.05) is 18.1 Å². The number of thiazole rings is 1. The molecule has 3 heterocycles. The minimum Gasteiger partial charge on any atom is -0.399 e. The molecule has 0 spiro atoms. The third kappa shape index (κ3) is 4.44. The van der Waals surface area contributed by atoms with Gasteiger partial charge in [0.15, 0.2) is 9.99 Å². The maximum absolute atomic E-state index is 13.0. The molecule has 0 fully saturated rings. The van der Waals surface area contributed by atoms with Crippen LogP contribution in [0.5, 0.6) is 0 Å². The van der Waals surface area contributed by atoms with Crippen LogP contribution in [0.2, 0.25) is 0 Å². The van der Waals surface area contributed by atoms with Crippen molar-refractivity contribution < 1.29 is 0 Å². The van der Waals surface area contributed by atoms with Crippen molar-refractivity contribution in [1.82, 2.24) is 19.3 Å². The van der Waals surface area contributed by atoms with Crippen LogP contribution in [0.25, 0.3) is 26.9 Å². The first-order valence-corrected chi connectivity index (χ1v) is 12.0. The molecular weight excluding hydrogens is 414 g/mol. The van der Waals surface area contributed by atoms with Crippen molar-refractivity contribution >= 4 is 50.0 Å². The summed E-state index contributed by atoms with van der Waals surface area (Å²) in [7, 11) is 1.88. The van der Waals surface area contributed by atoms with E-state index in [-0.39, 0.29) is 5.56 Å². The van der Waals surface area contributed by atoms with E-state index in [1.165, 1.54) is 4.68 Å². The SMILES string of the molecule is C=C(N)c1ccc(Cn2ncc3c4sc(SC)nc4n(C)c3c2=O)cc1.CC.CC. The molecule has 0 amide bonds. The summed E-state index contributed by atoms with van der Waals surface area (Å²) in [6.45, 7) is 12.1. The van der Waals surface area contributed by atoms with Gasteiger partial charge < -0.3 is 10.3 Å². The van der Waals surface area contributed by atoms with Gasteiger partial charge in [-0.25, -0.2) is 9.67 Å². The van der Waals surface area contributed by atoms with Gasteiger partial charge in [0.1, 0.15) is 5.52 Å². The van der Waals surface area contributed by atoms with Crippen molar-refractivity contribution in [2.75, 3.05) is 6.26 Å². The largest absolute Gasteiger partial charge is 0.399 e. The molecular formula is C22H29N5OS2. The van der Waals surface area contributed by atoms with Gasteiger partial charge in [0.25, 0.3) is 5.56 Å². The average molecular weight is 444 g/mol. The van der Waals surface area contributed by atoms with Gasteiger partial charge >= 0.3 is 0 Å². The lowest BCUT2D eigenvalue weighted by molar-refractivity contribution is 0.644. The molecule has 0 aliphatic carbocycles. The van der Waals surface area contributed by atoms with E-state index >= 15 is 0 Å². The lowest BCUT2D eigenvalue weighted by Gasteiger charge is -2.07. The highest BCUT2D eigenvalue weighted by atomic mass is 32.2. The van der Waals surface area contributed by atoms with Crippen molar-refractivity contribution in [3.63, 3.8) is 0 Å². The number of hydrogen-bond donors (Lipinski definition) is 1. The predicted molar refractivity (Wildman–Crippen MR) is 131 cm³/mol. The summed E-state index contributed by atoms with van der Waals surface area (Å²) in [5, 5.41) is 5.24. The molecule has 6 nitrogen and oxygen atoms in total. The van der Waals surface area contributed by atoms with Gasteiger partial charge in [-0.1, -0.05) is 70.3 Å². The van der Waals surface area contributed by atoms with Crippen LogP contribution in [0.15, 0.2) is 46.2 Å². The zero-order valence-corrected chi connectivity index (χ0v) is 20.0. The number of aromatic nitrogens is 4. The maximum Gasteiger partial charge on any atom is 0.291 e. The van der Waals surface area contributed by atoms with E-state index in [1.54, 1.807) is 29.3 Å². The normalized spacial score (nSPS) is 10.3. The van der Waals surface area contributed by atoms with Gasteiger partial charge in [0.2, 0.25) is 0 Å². The van der Waals surface area contributed by atoms with Crippen LogP contribution >= 0.6 is 23.1 Å². The minimum absolute atomic E-state index is 0.117. The smallest absolute Gasteiger partial charge is 0.291 e. The van der Waals surface area contributed by atoms with Crippen LogP contribution in [0.3, 0.4) is 0 Å². The Morgan fingerprint density at radius 2 is 1.83 bits per heavy atom. The predicted octanol–water partition coefficient (Wildman–Crippen LogP) is 5.10. The number of aryl methyl sites for hydroxylation is 1. The molecule has 0 saturated carbocycles. The van der Waals surface area contributed by atoms with Gasteiger partial charge in [-0.3, -0.25) is 4.79 Å². The van der Waals surface area contributed by atoms with E-state index in [9.17, 15) is 4.79 Å². The van der Waals surface area contributed by atoms with Crippen molar-refractivity contribution in [1.29, 1.82) is 0 Å². The van der Waals surface area contributed by atoms with Crippen LogP contribution in [-0.4, -0.2) is 25.6 Å². The second-order valence-corrected chi connectivity index (χ2v) is 8.04. The van der Waals surface area contributed by atoms with E-state index in [0.717, 1.165) is 31.2 Å². The molecule has 2 N–H and O–H groups in total. The summed E-state index contributed by atoms with van der Waals surface area (Å²) >= 11 is 3.20. The fourth-order valence-electron chi connectivity index (χ4n) is 2.97. The third-order valence-electron chi connectivity index (χ3n) is 4.34. The zero-order chi connectivity index (χ0) is 22.4. The topological polar surface area (TPSA) is 78.7 Å². The van der Waals surface area contributed by atoms with E-state index < -0.39 is 0 Å². The Bertz CT molecular complexity index is 1200. The van der Waals surface area contributed by atoms with Crippen molar-refractivity contribution in [2.45, 2.75) is 38.6 Å². The Labute approximate surface area is 185 Å². The second-order valence-electron chi connectivity index (χ2n) is 5.99. The summed E-state index contributed by atoms with van der Waals surface area (Å²) in [5.74, 6) is 0. The van der Waals surface area contributed by atoms with Crippen LogP contribution in [0, 0.1) is 0 Å². The summed E-state index contributed by atoms with van der Waals surface area (Å²) in [6.07, 6.45) is 3.76. The molecule has 0 bridgehead atoms. The Morgan fingerprint density at radius 3 is 2.40 bits per heavy atom.